The first-order valence-electron chi connectivity index (χ1n) is 10.6. The van der Waals surface area contributed by atoms with Crippen molar-refractivity contribution in [1.82, 2.24) is 19.8 Å². The highest BCUT2D eigenvalue weighted by Crippen LogP contribution is 2.19. The molecule has 0 spiro atoms. The van der Waals surface area contributed by atoms with E-state index >= 15 is 0 Å². The van der Waals surface area contributed by atoms with Crippen LogP contribution in [0.25, 0.3) is 0 Å². The molecule has 32 heavy (non-hydrogen) atoms. The number of aliphatic imine (C=N–C) groups is 1. The van der Waals surface area contributed by atoms with Gasteiger partial charge in [-0.15, -0.1) is 24.0 Å². The van der Waals surface area contributed by atoms with Crippen LogP contribution >= 0.6 is 24.0 Å². The number of guanidine groups is 1. The molecule has 2 aromatic rings. The summed E-state index contributed by atoms with van der Waals surface area (Å²) >= 11 is 0. The maximum Gasteiger partial charge on any atom is 0.242 e. The van der Waals surface area contributed by atoms with Gasteiger partial charge in [-0.3, -0.25) is 9.89 Å². The smallest absolute Gasteiger partial charge is 0.242 e. The van der Waals surface area contributed by atoms with Crippen LogP contribution in [0, 0.1) is 0 Å². The monoisotopic (exact) mass is 573 g/mol. The molecule has 0 heterocycles. The lowest BCUT2D eigenvalue weighted by Crippen LogP contribution is -2.43. The summed E-state index contributed by atoms with van der Waals surface area (Å²) in [6.07, 6.45) is 0. The Bertz CT molecular complexity index is 931. The van der Waals surface area contributed by atoms with Crippen molar-refractivity contribution in [3.63, 3.8) is 0 Å². The van der Waals surface area contributed by atoms with Gasteiger partial charge in [0.15, 0.2) is 5.96 Å². The Morgan fingerprint density at radius 3 is 2.06 bits per heavy atom. The molecule has 0 aliphatic rings. The van der Waals surface area contributed by atoms with E-state index in [1.165, 1.54) is 24.0 Å². The minimum atomic E-state index is -3.42. The number of halogens is 1. The molecule has 2 N–H and O–H groups in total. The van der Waals surface area contributed by atoms with Crippen LogP contribution in [-0.2, 0) is 16.6 Å². The number of hydrogen-bond donors (Lipinski definition) is 2. The fourth-order valence-electron chi connectivity index (χ4n) is 3.39. The molecule has 178 valence electrons. The van der Waals surface area contributed by atoms with Gasteiger partial charge >= 0.3 is 0 Å². The number of sulfonamides is 1. The average Bonchev–Trinajstić information content (AvgIpc) is 2.79. The van der Waals surface area contributed by atoms with Gasteiger partial charge in [0, 0.05) is 34.2 Å². The fraction of sp³-hybridized carbons (Fsp3) is 0.435. The van der Waals surface area contributed by atoms with Crippen molar-refractivity contribution in [2.24, 2.45) is 4.99 Å². The summed E-state index contributed by atoms with van der Waals surface area (Å²) in [6.45, 7) is 7.55. The zero-order valence-corrected chi connectivity index (χ0v) is 22.7. The van der Waals surface area contributed by atoms with E-state index in [2.05, 4.69) is 58.6 Å². The van der Waals surface area contributed by atoms with Crippen LogP contribution in [-0.4, -0.2) is 64.4 Å². The minimum Gasteiger partial charge on any atom is -0.354 e. The second kappa shape index (κ2) is 13.8. The molecule has 0 amide bonds. The highest BCUT2D eigenvalue weighted by Gasteiger charge is 2.18. The van der Waals surface area contributed by atoms with Gasteiger partial charge in [-0.1, -0.05) is 56.3 Å². The molecular formula is C23H36IN5O2S. The van der Waals surface area contributed by atoms with Gasteiger partial charge in [0.1, 0.15) is 0 Å². The van der Waals surface area contributed by atoms with Crippen LogP contribution in [0.2, 0.25) is 0 Å². The number of nitrogens with zero attached hydrogens (tertiary/aromatic N) is 3. The van der Waals surface area contributed by atoms with Gasteiger partial charge < -0.3 is 10.6 Å². The molecule has 0 aliphatic carbocycles. The molecular weight excluding hydrogens is 537 g/mol. The summed E-state index contributed by atoms with van der Waals surface area (Å²) in [4.78, 5) is 7.04. The van der Waals surface area contributed by atoms with Crippen molar-refractivity contribution in [2.75, 3.05) is 40.8 Å². The van der Waals surface area contributed by atoms with E-state index in [1.807, 2.05) is 18.2 Å². The number of nitrogens with one attached hydrogen (secondary N) is 2. The van der Waals surface area contributed by atoms with Crippen LogP contribution in [0.15, 0.2) is 64.5 Å². The summed E-state index contributed by atoms with van der Waals surface area (Å²) in [5.41, 5.74) is 2.25. The SMILES string of the molecule is CCN(CC)C(CNC(=NC)NCc1ccc(S(=O)(=O)N(C)C)cc1)c1ccccc1.I. The lowest BCUT2D eigenvalue weighted by Gasteiger charge is -2.30. The normalized spacial score (nSPS) is 13.0. The minimum absolute atomic E-state index is 0. The predicted octanol–water partition coefficient (Wildman–Crippen LogP) is 3.30. The number of likely N-dealkylation sites (N-methyl/N-ethyl adjacent to an activating group) is 1. The molecule has 1 unspecified atom stereocenters. The summed E-state index contributed by atoms with van der Waals surface area (Å²) in [5.74, 6) is 0.707. The third-order valence-electron chi connectivity index (χ3n) is 5.29. The van der Waals surface area contributed by atoms with Crippen LogP contribution in [0.4, 0.5) is 0 Å². The van der Waals surface area contributed by atoms with Crippen molar-refractivity contribution in [2.45, 2.75) is 31.3 Å². The molecule has 0 saturated carbocycles. The van der Waals surface area contributed by atoms with E-state index < -0.39 is 10.0 Å². The van der Waals surface area contributed by atoms with E-state index in [0.29, 0.717) is 12.5 Å². The average molecular weight is 574 g/mol. The summed E-state index contributed by atoms with van der Waals surface area (Å²) < 4.78 is 25.6. The Morgan fingerprint density at radius 2 is 1.56 bits per heavy atom. The highest BCUT2D eigenvalue weighted by atomic mass is 127. The lowest BCUT2D eigenvalue weighted by molar-refractivity contribution is 0.219. The van der Waals surface area contributed by atoms with Crippen LogP contribution < -0.4 is 10.6 Å². The van der Waals surface area contributed by atoms with Gasteiger partial charge in [-0.2, -0.15) is 0 Å². The molecule has 9 heteroatoms. The van der Waals surface area contributed by atoms with Crippen molar-refractivity contribution in [3.05, 3.63) is 65.7 Å². The van der Waals surface area contributed by atoms with Gasteiger partial charge in [0.05, 0.1) is 10.9 Å². The topological polar surface area (TPSA) is 77.0 Å². The highest BCUT2D eigenvalue weighted by molar-refractivity contribution is 14.0. The molecule has 0 aliphatic heterocycles. The third-order valence-corrected chi connectivity index (χ3v) is 7.12. The fourth-order valence-corrected chi connectivity index (χ4v) is 4.29. The quantitative estimate of drug-likeness (QED) is 0.259. The first-order valence-corrected chi connectivity index (χ1v) is 12.0. The lowest BCUT2D eigenvalue weighted by atomic mass is 10.1. The van der Waals surface area contributed by atoms with E-state index in [1.54, 1.807) is 19.2 Å². The molecule has 0 bridgehead atoms. The molecule has 0 aromatic heterocycles. The van der Waals surface area contributed by atoms with E-state index in [0.717, 1.165) is 25.2 Å². The second-order valence-corrected chi connectivity index (χ2v) is 9.54. The second-order valence-electron chi connectivity index (χ2n) is 7.39. The molecule has 0 saturated heterocycles. The van der Waals surface area contributed by atoms with Crippen LogP contribution in [0.1, 0.15) is 31.0 Å². The first-order chi connectivity index (χ1) is 14.8. The standard InChI is InChI=1S/C23H35N5O2S.HI/c1-6-28(7-2)22(20-11-9-8-10-12-20)18-26-23(24-3)25-17-19-13-15-21(16-14-19)31(29,30)27(4)5;/h8-16,22H,6-7,17-18H2,1-5H3,(H2,24,25,26);1H. The Balaban J connectivity index is 0.00000512. The predicted molar refractivity (Wildman–Crippen MR) is 143 cm³/mol. The molecule has 2 rings (SSSR count). The maximum absolute atomic E-state index is 12.2. The molecule has 1 atom stereocenters. The van der Waals surface area contributed by atoms with Gasteiger partial charge in [0.25, 0.3) is 0 Å². The summed E-state index contributed by atoms with van der Waals surface area (Å²) in [7, 11) is 1.39. The zero-order valence-electron chi connectivity index (χ0n) is 19.6. The Kier molecular flexibility index (Phi) is 12.2. The van der Waals surface area contributed by atoms with Gasteiger partial charge in [-0.05, 0) is 36.3 Å². The van der Waals surface area contributed by atoms with Crippen molar-refractivity contribution < 1.29 is 8.42 Å². The van der Waals surface area contributed by atoms with Crippen LogP contribution in [0.5, 0.6) is 0 Å². The summed E-state index contributed by atoms with van der Waals surface area (Å²) in [6, 6.07) is 17.6. The first kappa shape index (κ1) is 28.3. The van der Waals surface area contributed by atoms with E-state index in [-0.39, 0.29) is 34.9 Å². The molecule has 0 radical (unpaired) electrons. The van der Waals surface area contributed by atoms with Crippen molar-refractivity contribution in [1.29, 1.82) is 0 Å². The largest absolute Gasteiger partial charge is 0.354 e. The van der Waals surface area contributed by atoms with Crippen molar-refractivity contribution in [3.8, 4) is 0 Å². The Hall–Kier alpha value is -1.69. The zero-order chi connectivity index (χ0) is 22.9. The number of benzene rings is 2. The Labute approximate surface area is 210 Å². The van der Waals surface area contributed by atoms with E-state index in [9.17, 15) is 8.42 Å². The van der Waals surface area contributed by atoms with Crippen molar-refractivity contribution >= 4 is 40.0 Å². The molecule has 7 nitrogen and oxygen atoms in total. The molecule has 2 aromatic carbocycles. The maximum atomic E-state index is 12.2. The number of hydrogen-bond acceptors (Lipinski definition) is 4. The Morgan fingerprint density at radius 1 is 0.969 bits per heavy atom. The number of rotatable bonds is 10. The molecule has 0 fully saturated rings. The van der Waals surface area contributed by atoms with E-state index in [4.69, 9.17) is 0 Å². The van der Waals surface area contributed by atoms with Crippen LogP contribution in [0.3, 0.4) is 0 Å². The third kappa shape index (κ3) is 7.72. The summed E-state index contributed by atoms with van der Waals surface area (Å²) in [5, 5.41) is 6.74. The van der Waals surface area contributed by atoms with Gasteiger partial charge in [-0.25, -0.2) is 12.7 Å². The van der Waals surface area contributed by atoms with Gasteiger partial charge in [0.2, 0.25) is 10.0 Å².